The van der Waals surface area contributed by atoms with Gasteiger partial charge in [-0.15, -0.1) is 0 Å². The highest BCUT2D eigenvalue weighted by Gasteiger charge is 2.27. The summed E-state index contributed by atoms with van der Waals surface area (Å²) in [6, 6.07) is 6.19. The zero-order valence-corrected chi connectivity index (χ0v) is 16.6. The van der Waals surface area contributed by atoms with Crippen LogP contribution in [-0.4, -0.2) is 101 Å². The molecule has 2 heterocycles. The number of amides is 1. The maximum absolute atomic E-state index is 12.7. The van der Waals surface area contributed by atoms with E-state index in [1.807, 2.05) is 7.05 Å². The average Bonchev–Trinajstić information content (AvgIpc) is 2.69. The van der Waals surface area contributed by atoms with E-state index in [2.05, 4.69) is 15.1 Å². The van der Waals surface area contributed by atoms with Gasteiger partial charge in [0.1, 0.15) is 0 Å². The summed E-state index contributed by atoms with van der Waals surface area (Å²) >= 11 is 0. The highest BCUT2D eigenvalue weighted by Crippen LogP contribution is 2.18. The van der Waals surface area contributed by atoms with E-state index in [0.29, 0.717) is 25.2 Å². The van der Waals surface area contributed by atoms with Crippen LogP contribution in [0.2, 0.25) is 0 Å². The van der Waals surface area contributed by atoms with Gasteiger partial charge in [0, 0.05) is 57.9 Å². The summed E-state index contributed by atoms with van der Waals surface area (Å²) in [5, 5.41) is 2.89. The van der Waals surface area contributed by atoms with E-state index in [9.17, 15) is 13.2 Å². The predicted molar refractivity (Wildman–Crippen MR) is 102 cm³/mol. The number of carbonyl (C=O) groups excluding carboxylic acids is 1. The summed E-state index contributed by atoms with van der Waals surface area (Å²) in [4.78, 5) is 16.9. The number of rotatable bonds is 6. The minimum atomic E-state index is -3.50. The number of carbonyl (C=O) groups is 1. The second-order valence-electron chi connectivity index (χ2n) is 6.94. The van der Waals surface area contributed by atoms with E-state index >= 15 is 0 Å². The predicted octanol–water partition coefficient (Wildman–Crippen LogP) is -0.315. The SMILES string of the molecule is CN1CCN(S(=O)(=O)c2ccc(C(=O)NCCN3CCOCC3)cc2)CC1. The molecule has 3 rings (SSSR count). The Balaban J connectivity index is 1.53. The van der Waals surface area contributed by atoms with Gasteiger partial charge in [-0.25, -0.2) is 8.42 Å². The Morgan fingerprint density at radius 1 is 1.04 bits per heavy atom. The Bertz CT molecular complexity index is 724. The van der Waals surface area contributed by atoms with Crippen LogP contribution >= 0.6 is 0 Å². The van der Waals surface area contributed by atoms with Gasteiger partial charge in [-0.05, 0) is 31.3 Å². The first-order valence-corrected chi connectivity index (χ1v) is 10.8. The van der Waals surface area contributed by atoms with Gasteiger partial charge in [0.2, 0.25) is 10.0 Å². The fourth-order valence-electron chi connectivity index (χ4n) is 3.21. The van der Waals surface area contributed by atoms with Crippen LogP contribution in [0.3, 0.4) is 0 Å². The van der Waals surface area contributed by atoms with E-state index in [1.54, 1.807) is 12.1 Å². The number of hydrogen-bond acceptors (Lipinski definition) is 6. The molecule has 0 saturated carbocycles. The summed E-state index contributed by atoms with van der Waals surface area (Å²) in [6.45, 7) is 7.00. The van der Waals surface area contributed by atoms with Gasteiger partial charge in [0.25, 0.3) is 5.91 Å². The summed E-state index contributed by atoms with van der Waals surface area (Å²) in [5.74, 6) is -0.188. The monoisotopic (exact) mass is 396 g/mol. The molecule has 0 unspecified atom stereocenters. The highest BCUT2D eigenvalue weighted by atomic mass is 32.2. The topological polar surface area (TPSA) is 82.2 Å². The van der Waals surface area contributed by atoms with Crippen molar-refractivity contribution in [2.45, 2.75) is 4.90 Å². The number of benzene rings is 1. The first-order chi connectivity index (χ1) is 13.0. The normalized spacial score (nSPS) is 20.5. The number of ether oxygens (including phenoxy) is 1. The molecule has 0 aliphatic carbocycles. The summed E-state index contributed by atoms with van der Waals surface area (Å²) in [7, 11) is -1.52. The Morgan fingerprint density at radius 3 is 2.30 bits per heavy atom. The van der Waals surface area contributed by atoms with Crippen molar-refractivity contribution in [3.63, 3.8) is 0 Å². The molecular weight excluding hydrogens is 368 g/mol. The molecule has 8 nitrogen and oxygen atoms in total. The van der Waals surface area contributed by atoms with Crippen molar-refractivity contribution in [2.24, 2.45) is 0 Å². The third kappa shape index (κ3) is 5.26. The zero-order valence-electron chi connectivity index (χ0n) is 15.8. The van der Waals surface area contributed by atoms with Crippen LogP contribution in [0, 0.1) is 0 Å². The number of nitrogens with one attached hydrogen (secondary N) is 1. The average molecular weight is 397 g/mol. The van der Waals surface area contributed by atoms with Gasteiger partial charge in [0.15, 0.2) is 0 Å². The molecule has 9 heteroatoms. The quantitative estimate of drug-likeness (QED) is 0.710. The Labute approximate surface area is 161 Å². The molecule has 150 valence electrons. The number of morpholine rings is 1. The molecule has 1 aromatic carbocycles. The fraction of sp³-hybridized carbons (Fsp3) is 0.611. The fourth-order valence-corrected chi connectivity index (χ4v) is 4.63. The molecule has 2 aliphatic rings. The van der Waals surface area contributed by atoms with Crippen molar-refractivity contribution in [3.8, 4) is 0 Å². The molecule has 27 heavy (non-hydrogen) atoms. The molecule has 2 aliphatic heterocycles. The van der Waals surface area contributed by atoms with Crippen molar-refractivity contribution < 1.29 is 17.9 Å². The van der Waals surface area contributed by atoms with Crippen molar-refractivity contribution in [1.82, 2.24) is 19.4 Å². The number of hydrogen-bond donors (Lipinski definition) is 1. The largest absolute Gasteiger partial charge is 0.379 e. The van der Waals surface area contributed by atoms with E-state index in [4.69, 9.17) is 4.74 Å². The molecular formula is C18H28N4O4S. The molecule has 0 bridgehead atoms. The van der Waals surface area contributed by atoms with Gasteiger partial charge >= 0.3 is 0 Å². The number of piperazine rings is 1. The molecule has 0 atom stereocenters. The van der Waals surface area contributed by atoms with Crippen LogP contribution in [-0.2, 0) is 14.8 Å². The molecule has 1 amide bonds. The first-order valence-electron chi connectivity index (χ1n) is 9.34. The summed E-state index contributed by atoms with van der Waals surface area (Å²) in [6.07, 6.45) is 0. The number of nitrogens with zero attached hydrogens (tertiary/aromatic N) is 3. The number of sulfonamides is 1. The van der Waals surface area contributed by atoms with Gasteiger partial charge in [-0.1, -0.05) is 0 Å². The second kappa shape index (κ2) is 9.11. The third-order valence-electron chi connectivity index (χ3n) is 5.03. The standard InChI is InChI=1S/C18H28N4O4S/c1-20-8-10-22(11-9-20)27(24,25)17-4-2-16(3-5-17)18(23)19-6-7-21-12-14-26-15-13-21/h2-5H,6-15H2,1H3,(H,19,23). The van der Waals surface area contributed by atoms with Crippen molar-refractivity contribution in [2.75, 3.05) is 72.6 Å². The van der Waals surface area contributed by atoms with E-state index in [1.165, 1.54) is 16.4 Å². The van der Waals surface area contributed by atoms with Crippen molar-refractivity contribution in [3.05, 3.63) is 29.8 Å². The molecule has 0 aromatic heterocycles. The molecule has 1 N–H and O–H groups in total. The Kier molecular flexibility index (Phi) is 6.83. The second-order valence-corrected chi connectivity index (χ2v) is 8.88. The summed E-state index contributed by atoms with van der Waals surface area (Å²) < 4.78 is 32.2. The smallest absolute Gasteiger partial charge is 0.251 e. The van der Waals surface area contributed by atoms with Crippen LogP contribution in [0.1, 0.15) is 10.4 Å². The van der Waals surface area contributed by atoms with Crippen LogP contribution in [0.4, 0.5) is 0 Å². The highest BCUT2D eigenvalue weighted by molar-refractivity contribution is 7.89. The molecule has 0 spiro atoms. The number of likely N-dealkylation sites (N-methyl/N-ethyl adjacent to an activating group) is 1. The maximum atomic E-state index is 12.7. The molecule has 2 saturated heterocycles. The lowest BCUT2D eigenvalue weighted by Crippen LogP contribution is -2.47. The van der Waals surface area contributed by atoms with Crippen molar-refractivity contribution >= 4 is 15.9 Å². The molecule has 1 aromatic rings. The van der Waals surface area contributed by atoms with E-state index in [0.717, 1.165) is 45.9 Å². The van der Waals surface area contributed by atoms with Crippen LogP contribution < -0.4 is 5.32 Å². The Hall–Kier alpha value is -1.52. The summed E-state index contributed by atoms with van der Waals surface area (Å²) in [5.41, 5.74) is 0.467. The van der Waals surface area contributed by atoms with Crippen LogP contribution in [0.5, 0.6) is 0 Å². The zero-order chi connectivity index (χ0) is 19.3. The molecule has 0 radical (unpaired) electrons. The lowest BCUT2D eigenvalue weighted by atomic mass is 10.2. The van der Waals surface area contributed by atoms with Crippen LogP contribution in [0.25, 0.3) is 0 Å². The third-order valence-corrected chi connectivity index (χ3v) is 6.95. The lowest BCUT2D eigenvalue weighted by Gasteiger charge is -2.31. The van der Waals surface area contributed by atoms with Gasteiger partial charge in [-0.2, -0.15) is 4.31 Å². The van der Waals surface area contributed by atoms with Gasteiger partial charge in [0.05, 0.1) is 18.1 Å². The van der Waals surface area contributed by atoms with Gasteiger partial charge in [-0.3, -0.25) is 9.69 Å². The van der Waals surface area contributed by atoms with Crippen molar-refractivity contribution in [1.29, 1.82) is 0 Å². The van der Waals surface area contributed by atoms with Crippen LogP contribution in [0.15, 0.2) is 29.2 Å². The van der Waals surface area contributed by atoms with Gasteiger partial charge < -0.3 is 15.0 Å². The minimum Gasteiger partial charge on any atom is -0.379 e. The van der Waals surface area contributed by atoms with E-state index in [-0.39, 0.29) is 10.8 Å². The Morgan fingerprint density at radius 2 is 1.67 bits per heavy atom. The lowest BCUT2D eigenvalue weighted by molar-refractivity contribution is 0.0383. The van der Waals surface area contributed by atoms with E-state index < -0.39 is 10.0 Å². The minimum absolute atomic E-state index is 0.188. The molecule has 2 fully saturated rings. The first kappa shape index (κ1) is 20.2. The maximum Gasteiger partial charge on any atom is 0.251 e.